The Morgan fingerprint density at radius 3 is 2.57 bits per heavy atom. The number of rotatable bonds is 2. The lowest BCUT2D eigenvalue weighted by atomic mass is 9.85. The molecule has 2 bridgehead atoms. The van der Waals surface area contributed by atoms with Crippen LogP contribution in [0.2, 0.25) is 0 Å². The molecule has 3 heteroatoms. The van der Waals surface area contributed by atoms with E-state index in [4.69, 9.17) is 10.5 Å². The zero-order valence-electron chi connectivity index (χ0n) is 8.90. The molecule has 2 N–H and O–H groups in total. The summed E-state index contributed by atoms with van der Waals surface area (Å²) in [6.45, 7) is 3.79. The van der Waals surface area contributed by atoms with Gasteiger partial charge in [-0.05, 0) is 44.9 Å². The van der Waals surface area contributed by atoms with E-state index in [0.29, 0.717) is 11.8 Å². The van der Waals surface area contributed by atoms with Crippen molar-refractivity contribution in [2.24, 2.45) is 23.5 Å². The van der Waals surface area contributed by atoms with Crippen molar-refractivity contribution >= 4 is 5.97 Å². The molecule has 0 spiro atoms. The smallest absolute Gasteiger partial charge is 0.309 e. The first-order valence-corrected chi connectivity index (χ1v) is 5.54. The minimum absolute atomic E-state index is 0.00199. The second kappa shape index (κ2) is 3.54. The predicted octanol–water partition coefficient (Wildman–Crippen LogP) is 1.31. The molecule has 2 aliphatic carbocycles. The lowest BCUT2D eigenvalue weighted by Gasteiger charge is -2.25. The van der Waals surface area contributed by atoms with Crippen molar-refractivity contribution in [2.45, 2.75) is 45.3 Å². The minimum Gasteiger partial charge on any atom is -0.463 e. The van der Waals surface area contributed by atoms with Crippen LogP contribution in [0.3, 0.4) is 0 Å². The zero-order valence-corrected chi connectivity index (χ0v) is 8.90. The van der Waals surface area contributed by atoms with Gasteiger partial charge in [0, 0.05) is 6.04 Å². The van der Waals surface area contributed by atoms with Gasteiger partial charge < -0.3 is 10.5 Å². The molecule has 80 valence electrons. The molecule has 0 aliphatic heterocycles. The fraction of sp³-hybridized carbons (Fsp3) is 0.909. The van der Waals surface area contributed by atoms with E-state index < -0.39 is 0 Å². The molecule has 4 atom stereocenters. The van der Waals surface area contributed by atoms with E-state index in [2.05, 4.69) is 0 Å². The van der Waals surface area contributed by atoms with Gasteiger partial charge in [-0.15, -0.1) is 0 Å². The summed E-state index contributed by atoms with van der Waals surface area (Å²) in [5, 5.41) is 0. The van der Waals surface area contributed by atoms with Crippen molar-refractivity contribution in [3.8, 4) is 0 Å². The van der Waals surface area contributed by atoms with Crippen molar-refractivity contribution in [3.05, 3.63) is 0 Å². The van der Waals surface area contributed by atoms with E-state index in [1.165, 1.54) is 0 Å². The third kappa shape index (κ3) is 1.65. The molecule has 2 aliphatic rings. The first kappa shape index (κ1) is 9.97. The molecule has 0 heterocycles. The Morgan fingerprint density at radius 2 is 2.07 bits per heavy atom. The summed E-state index contributed by atoms with van der Waals surface area (Å²) < 4.78 is 5.24. The van der Waals surface area contributed by atoms with Crippen molar-refractivity contribution in [1.82, 2.24) is 0 Å². The number of ether oxygens (including phenoxy) is 1. The van der Waals surface area contributed by atoms with Crippen LogP contribution in [0.15, 0.2) is 0 Å². The van der Waals surface area contributed by atoms with Gasteiger partial charge in [-0.25, -0.2) is 0 Å². The van der Waals surface area contributed by atoms with Crippen LogP contribution in [-0.2, 0) is 9.53 Å². The number of hydrogen-bond donors (Lipinski definition) is 1. The van der Waals surface area contributed by atoms with Crippen LogP contribution >= 0.6 is 0 Å². The normalized spacial score (nSPS) is 40.6. The molecular formula is C11H19NO2. The summed E-state index contributed by atoms with van der Waals surface area (Å²) in [5.41, 5.74) is 5.97. The standard InChI is InChI=1S/C11H19NO2/c1-6(2)14-11(13)9-4-7-3-8(9)10(12)5-7/h6-10H,3-5,12H2,1-2H3/t7-,8+,9-,10-/m0/s1. The molecule has 0 aromatic carbocycles. The van der Waals surface area contributed by atoms with Crippen molar-refractivity contribution < 1.29 is 9.53 Å². The van der Waals surface area contributed by atoms with Gasteiger partial charge in [-0.1, -0.05) is 0 Å². The van der Waals surface area contributed by atoms with E-state index in [1.807, 2.05) is 13.8 Å². The van der Waals surface area contributed by atoms with Crippen molar-refractivity contribution in [3.63, 3.8) is 0 Å². The molecule has 0 aromatic rings. The van der Waals surface area contributed by atoms with Gasteiger partial charge in [0.05, 0.1) is 12.0 Å². The number of fused-ring (bicyclic) bond motifs is 2. The molecular weight excluding hydrogens is 178 g/mol. The molecule has 2 saturated carbocycles. The van der Waals surface area contributed by atoms with Gasteiger partial charge in [-0.3, -0.25) is 4.79 Å². The van der Waals surface area contributed by atoms with Crippen LogP contribution in [0.25, 0.3) is 0 Å². The minimum atomic E-state index is -0.0253. The lowest BCUT2D eigenvalue weighted by molar-refractivity contribution is -0.154. The molecule has 2 fully saturated rings. The number of carbonyl (C=O) groups excluding carboxylic acids is 1. The highest BCUT2D eigenvalue weighted by atomic mass is 16.5. The Balaban J connectivity index is 1.96. The zero-order chi connectivity index (χ0) is 10.3. The van der Waals surface area contributed by atoms with Gasteiger partial charge in [0.1, 0.15) is 0 Å². The highest BCUT2D eigenvalue weighted by molar-refractivity contribution is 5.73. The van der Waals surface area contributed by atoms with E-state index in [9.17, 15) is 4.79 Å². The second-order valence-corrected chi connectivity index (χ2v) is 4.99. The topological polar surface area (TPSA) is 52.3 Å². The van der Waals surface area contributed by atoms with Gasteiger partial charge in [0.15, 0.2) is 0 Å². The van der Waals surface area contributed by atoms with Gasteiger partial charge in [0.2, 0.25) is 0 Å². The van der Waals surface area contributed by atoms with Crippen LogP contribution in [0.5, 0.6) is 0 Å². The maximum atomic E-state index is 11.7. The van der Waals surface area contributed by atoms with Crippen LogP contribution in [-0.4, -0.2) is 18.1 Å². The highest BCUT2D eigenvalue weighted by Crippen LogP contribution is 2.48. The van der Waals surface area contributed by atoms with E-state index in [-0.39, 0.29) is 24.0 Å². The largest absolute Gasteiger partial charge is 0.463 e. The van der Waals surface area contributed by atoms with Crippen LogP contribution in [0, 0.1) is 17.8 Å². The number of hydrogen-bond acceptors (Lipinski definition) is 3. The molecule has 3 nitrogen and oxygen atoms in total. The average Bonchev–Trinajstić information content (AvgIpc) is 2.60. The van der Waals surface area contributed by atoms with Gasteiger partial charge in [-0.2, -0.15) is 0 Å². The Kier molecular flexibility index (Phi) is 2.52. The summed E-state index contributed by atoms with van der Waals surface area (Å²) in [7, 11) is 0. The lowest BCUT2D eigenvalue weighted by Crippen LogP contribution is -2.37. The maximum absolute atomic E-state index is 11.7. The summed E-state index contributed by atoms with van der Waals surface area (Å²) >= 11 is 0. The third-order valence-electron chi connectivity index (χ3n) is 3.52. The number of nitrogens with two attached hydrogens (primary N) is 1. The van der Waals surface area contributed by atoms with Crippen LogP contribution in [0.4, 0.5) is 0 Å². The molecule has 14 heavy (non-hydrogen) atoms. The fourth-order valence-electron chi connectivity index (χ4n) is 3.00. The van der Waals surface area contributed by atoms with Crippen LogP contribution in [0.1, 0.15) is 33.1 Å². The summed E-state index contributed by atoms with van der Waals surface area (Å²) in [5.74, 6) is 1.14. The first-order valence-electron chi connectivity index (χ1n) is 5.54. The summed E-state index contributed by atoms with van der Waals surface area (Å²) in [6, 6.07) is 0.235. The SMILES string of the molecule is CC(C)OC(=O)[C@H]1C[C@@H]2C[C@H]1[C@@H](N)C2. The Labute approximate surface area is 85.0 Å². The number of carbonyl (C=O) groups is 1. The maximum Gasteiger partial charge on any atom is 0.309 e. The van der Waals surface area contributed by atoms with Gasteiger partial charge >= 0.3 is 5.97 Å². The predicted molar refractivity (Wildman–Crippen MR) is 53.5 cm³/mol. The van der Waals surface area contributed by atoms with Crippen molar-refractivity contribution in [1.29, 1.82) is 0 Å². The molecule has 0 saturated heterocycles. The molecule has 0 aromatic heterocycles. The monoisotopic (exact) mass is 197 g/mol. The summed E-state index contributed by atoms with van der Waals surface area (Å²) in [6.07, 6.45) is 3.25. The molecule has 0 unspecified atom stereocenters. The molecule has 0 radical (unpaired) electrons. The summed E-state index contributed by atoms with van der Waals surface area (Å²) in [4.78, 5) is 11.7. The Bertz CT molecular complexity index is 239. The fourth-order valence-corrected chi connectivity index (χ4v) is 3.00. The molecule has 0 amide bonds. The van der Waals surface area contributed by atoms with Crippen LogP contribution < -0.4 is 5.73 Å². The van der Waals surface area contributed by atoms with E-state index in [1.54, 1.807) is 0 Å². The Hall–Kier alpha value is -0.570. The second-order valence-electron chi connectivity index (χ2n) is 4.99. The van der Waals surface area contributed by atoms with Crippen molar-refractivity contribution in [2.75, 3.05) is 0 Å². The quantitative estimate of drug-likeness (QED) is 0.679. The average molecular weight is 197 g/mol. The number of esters is 1. The third-order valence-corrected chi connectivity index (χ3v) is 3.52. The Morgan fingerprint density at radius 1 is 1.36 bits per heavy atom. The van der Waals surface area contributed by atoms with E-state index in [0.717, 1.165) is 19.3 Å². The van der Waals surface area contributed by atoms with E-state index >= 15 is 0 Å². The molecule has 2 rings (SSSR count). The first-order chi connectivity index (χ1) is 6.58. The highest BCUT2D eigenvalue weighted by Gasteiger charge is 2.48. The van der Waals surface area contributed by atoms with Gasteiger partial charge in [0.25, 0.3) is 0 Å².